The van der Waals surface area contributed by atoms with Gasteiger partial charge < -0.3 is 10.4 Å². The van der Waals surface area contributed by atoms with Crippen molar-refractivity contribution in [3.8, 4) is 0 Å². The Morgan fingerprint density at radius 1 is 1.19 bits per heavy atom. The number of benzene rings is 1. The molecule has 0 aliphatic heterocycles. The van der Waals surface area contributed by atoms with Gasteiger partial charge in [0, 0.05) is 21.1 Å². The van der Waals surface area contributed by atoms with Crippen LogP contribution in [0, 0.1) is 0 Å². The molecule has 0 atom stereocenters. The summed E-state index contributed by atoms with van der Waals surface area (Å²) in [6.45, 7) is 0. The fourth-order valence-electron chi connectivity index (χ4n) is 0.929. The summed E-state index contributed by atoms with van der Waals surface area (Å²) in [4.78, 5) is 21.5. The van der Waals surface area contributed by atoms with Crippen molar-refractivity contribution in [1.82, 2.24) is 0 Å². The van der Waals surface area contributed by atoms with E-state index in [0.717, 1.165) is 12.2 Å². The maximum Gasteiger partial charge on any atom is 0.328 e. The summed E-state index contributed by atoms with van der Waals surface area (Å²) in [6.07, 6.45) is 1.73. The summed E-state index contributed by atoms with van der Waals surface area (Å²) in [5.74, 6) is -1.67. The molecule has 0 aromatic heterocycles. The molecule has 1 rings (SSSR count). The largest absolute Gasteiger partial charge is 0.478 e. The van der Waals surface area contributed by atoms with Crippen molar-refractivity contribution < 1.29 is 14.7 Å². The summed E-state index contributed by atoms with van der Waals surface area (Å²) in [6, 6.07) is 5.33. The first kappa shape index (κ1) is 12.9. The third-order valence-electron chi connectivity index (χ3n) is 1.59. The number of carboxylic acid groups (broad SMARTS) is 1. The molecule has 0 aliphatic rings. The number of carbonyl (C=O) groups is 2. The van der Waals surface area contributed by atoms with E-state index < -0.39 is 11.9 Å². The number of hydrogen-bond acceptors (Lipinski definition) is 2. The van der Waals surface area contributed by atoms with E-state index in [1.165, 1.54) is 0 Å². The highest BCUT2D eigenvalue weighted by Crippen LogP contribution is 2.30. The number of carboxylic acids is 1. The Kier molecular flexibility index (Phi) is 4.70. The maximum atomic E-state index is 11.3. The van der Waals surface area contributed by atoms with Crippen molar-refractivity contribution in [3.63, 3.8) is 0 Å². The van der Waals surface area contributed by atoms with Crippen LogP contribution in [0.1, 0.15) is 0 Å². The standard InChI is InChI=1S/C10H7Br2NO3/c11-6-2-1-3-7(12)10(6)13-8(14)4-5-9(15)16/h1-5H,(H,13,14)(H,15,16)/b5-4+. The van der Waals surface area contributed by atoms with Gasteiger partial charge in [0.25, 0.3) is 0 Å². The SMILES string of the molecule is O=C(O)/C=C/C(=O)Nc1c(Br)cccc1Br. The van der Waals surface area contributed by atoms with Gasteiger partial charge in [0.1, 0.15) is 0 Å². The third kappa shape index (κ3) is 3.79. The Bertz CT molecular complexity index is 437. The number of carbonyl (C=O) groups excluding carboxylic acids is 1. The van der Waals surface area contributed by atoms with Crippen molar-refractivity contribution in [1.29, 1.82) is 0 Å². The lowest BCUT2D eigenvalue weighted by Gasteiger charge is -2.06. The molecule has 0 aliphatic carbocycles. The molecule has 4 nitrogen and oxygen atoms in total. The van der Waals surface area contributed by atoms with Crippen LogP contribution in [0.4, 0.5) is 5.69 Å². The van der Waals surface area contributed by atoms with Gasteiger partial charge in [0.05, 0.1) is 5.69 Å². The number of nitrogens with one attached hydrogen (secondary N) is 1. The Balaban J connectivity index is 2.81. The zero-order valence-electron chi connectivity index (χ0n) is 7.91. The van der Waals surface area contributed by atoms with Gasteiger partial charge in [0.2, 0.25) is 5.91 Å². The molecule has 1 amide bonds. The quantitative estimate of drug-likeness (QED) is 0.825. The number of hydrogen-bond donors (Lipinski definition) is 2. The highest BCUT2D eigenvalue weighted by molar-refractivity contribution is 9.11. The molecule has 0 heterocycles. The van der Waals surface area contributed by atoms with E-state index in [4.69, 9.17) is 5.11 Å². The van der Waals surface area contributed by atoms with Gasteiger partial charge in [-0.3, -0.25) is 4.79 Å². The van der Waals surface area contributed by atoms with Crippen LogP contribution in [0.3, 0.4) is 0 Å². The van der Waals surface area contributed by atoms with Crippen molar-refractivity contribution in [3.05, 3.63) is 39.3 Å². The zero-order chi connectivity index (χ0) is 12.1. The number of rotatable bonds is 3. The molecule has 1 aromatic rings. The molecular weight excluding hydrogens is 342 g/mol. The van der Waals surface area contributed by atoms with Gasteiger partial charge >= 0.3 is 5.97 Å². The van der Waals surface area contributed by atoms with Crippen LogP contribution in [0.2, 0.25) is 0 Å². The average molecular weight is 349 g/mol. The summed E-state index contributed by atoms with van der Waals surface area (Å²) in [5, 5.41) is 10.9. The predicted octanol–water partition coefficient (Wildman–Crippen LogP) is 2.79. The van der Waals surface area contributed by atoms with Crippen LogP contribution < -0.4 is 5.32 Å². The first-order valence-corrected chi connectivity index (χ1v) is 5.75. The van der Waals surface area contributed by atoms with Gasteiger partial charge in [-0.05, 0) is 44.0 Å². The highest BCUT2D eigenvalue weighted by atomic mass is 79.9. The molecule has 1 aromatic carbocycles. The van der Waals surface area contributed by atoms with Crippen LogP contribution in [-0.4, -0.2) is 17.0 Å². The Morgan fingerprint density at radius 3 is 2.25 bits per heavy atom. The molecule has 0 fully saturated rings. The zero-order valence-corrected chi connectivity index (χ0v) is 11.1. The number of halogens is 2. The molecule has 6 heteroatoms. The predicted molar refractivity (Wildman–Crippen MR) is 67.2 cm³/mol. The number of anilines is 1. The van der Waals surface area contributed by atoms with Gasteiger partial charge in [-0.15, -0.1) is 0 Å². The minimum Gasteiger partial charge on any atom is -0.478 e. The van der Waals surface area contributed by atoms with Gasteiger partial charge in [0.15, 0.2) is 0 Å². The molecule has 0 radical (unpaired) electrons. The number of para-hydroxylation sites is 1. The molecular formula is C10H7Br2NO3. The molecule has 0 bridgehead atoms. The molecule has 0 spiro atoms. The van der Waals surface area contributed by atoms with Crippen LogP contribution in [0.5, 0.6) is 0 Å². The lowest BCUT2D eigenvalue weighted by atomic mass is 10.3. The lowest BCUT2D eigenvalue weighted by Crippen LogP contribution is -2.09. The molecule has 2 N–H and O–H groups in total. The minimum atomic E-state index is -1.17. The van der Waals surface area contributed by atoms with Crippen molar-refractivity contribution >= 4 is 49.4 Å². The van der Waals surface area contributed by atoms with Crippen LogP contribution in [0.15, 0.2) is 39.3 Å². The second-order valence-corrected chi connectivity index (χ2v) is 4.47. The lowest BCUT2D eigenvalue weighted by molar-refractivity contribution is -0.131. The molecule has 0 unspecified atom stereocenters. The second-order valence-electron chi connectivity index (χ2n) is 2.76. The Morgan fingerprint density at radius 2 is 1.75 bits per heavy atom. The highest BCUT2D eigenvalue weighted by Gasteiger charge is 2.06. The van der Waals surface area contributed by atoms with Crippen LogP contribution in [0.25, 0.3) is 0 Å². The summed E-state index contributed by atoms with van der Waals surface area (Å²) < 4.78 is 1.41. The fraction of sp³-hybridized carbons (Fsp3) is 0. The molecule has 16 heavy (non-hydrogen) atoms. The van der Waals surface area contributed by atoms with Crippen molar-refractivity contribution in [2.24, 2.45) is 0 Å². The monoisotopic (exact) mass is 347 g/mol. The van der Waals surface area contributed by atoms with Gasteiger partial charge in [-0.1, -0.05) is 6.07 Å². The first-order valence-electron chi connectivity index (χ1n) is 4.16. The van der Waals surface area contributed by atoms with Crippen LogP contribution in [-0.2, 0) is 9.59 Å². The van der Waals surface area contributed by atoms with E-state index >= 15 is 0 Å². The molecule has 0 saturated heterocycles. The topological polar surface area (TPSA) is 66.4 Å². The summed E-state index contributed by atoms with van der Waals surface area (Å²) in [5.41, 5.74) is 0.558. The first-order chi connectivity index (χ1) is 7.50. The molecule has 84 valence electrons. The fourth-order valence-corrected chi connectivity index (χ4v) is 2.13. The van der Waals surface area contributed by atoms with E-state index in [1.54, 1.807) is 18.2 Å². The van der Waals surface area contributed by atoms with Gasteiger partial charge in [-0.2, -0.15) is 0 Å². The third-order valence-corrected chi connectivity index (χ3v) is 2.91. The van der Waals surface area contributed by atoms with Crippen LogP contribution >= 0.6 is 31.9 Å². The van der Waals surface area contributed by atoms with Crippen molar-refractivity contribution in [2.75, 3.05) is 5.32 Å². The molecule has 0 saturated carbocycles. The summed E-state index contributed by atoms with van der Waals surface area (Å²) >= 11 is 6.54. The smallest absolute Gasteiger partial charge is 0.328 e. The van der Waals surface area contributed by atoms with E-state index in [9.17, 15) is 9.59 Å². The van der Waals surface area contributed by atoms with Gasteiger partial charge in [-0.25, -0.2) is 4.79 Å². The van der Waals surface area contributed by atoms with E-state index in [2.05, 4.69) is 37.2 Å². The van der Waals surface area contributed by atoms with E-state index in [0.29, 0.717) is 14.6 Å². The maximum absolute atomic E-state index is 11.3. The Labute approximate surface area is 109 Å². The average Bonchev–Trinajstić information content (AvgIpc) is 2.21. The second kappa shape index (κ2) is 5.81. The Hall–Kier alpha value is -1.14. The van der Waals surface area contributed by atoms with E-state index in [1.807, 2.05) is 0 Å². The number of aliphatic carboxylic acids is 1. The summed E-state index contributed by atoms with van der Waals surface area (Å²) in [7, 11) is 0. The minimum absolute atomic E-state index is 0.505. The normalized spacial score (nSPS) is 10.4. The number of amides is 1. The van der Waals surface area contributed by atoms with Crippen molar-refractivity contribution in [2.45, 2.75) is 0 Å². The van der Waals surface area contributed by atoms with E-state index in [-0.39, 0.29) is 0 Å².